The zero-order valence-electron chi connectivity index (χ0n) is 16.7. The Balaban J connectivity index is 1.50. The molecule has 3 atom stereocenters. The zero-order valence-corrected chi connectivity index (χ0v) is 16.7. The molecule has 0 aromatic carbocycles. The molecular formula is C20H29N5O2. The molecule has 4 rings (SSSR count). The molecular weight excluding hydrogens is 342 g/mol. The topological polar surface area (TPSA) is 76.2 Å². The molecule has 0 aliphatic carbocycles. The predicted octanol–water partition coefficient (Wildman–Crippen LogP) is 2.47. The van der Waals surface area contributed by atoms with Crippen LogP contribution in [0.3, 0.4) is 0 Å². The number of amides is 1. The van der Waals surface area contributed by atoms with Crippen LogP contribution in [0.5, 0.6) is 0 Å². The molecule has 2 aromatic rings. The maximum Gasteiger partial charge on any atom is 0.228 e. The number of nitrogens with one attached hydrogen (secondary N) is 1. The summed E-state index contributed by atoms with van der Waals surface area (Å²) >= 11 is 0. The smallest absolute Gasteiger partial charge is 0.228 e. The van der Waals surface area contributed by atoms with Gasteiger partial charge >= 0.3 is 0 Å². The van der Waals surface area contributed by atoms with Gasteiger partial charge in [-0.1, -0.05) is 12.1 Å². The number of aromatic nitrogens is 3. The van der Waals surface area contributed by atoms with Gasteiger partial charge in [0.1, 0.15) is 11.6 Å². The largest absolute Gasteiger partial charge is 0.361 e. The number of fused-ring (bicyclic) bond motifs is 2. The van der Waals surface area contributed by atoms with Crippen LogP contribution in [0.1, 0.15) is 55.4 Å². The van der Waals surface area contributed by atoms with E-state index in [0.717, 1.165) is 48.6 Å². The summed E-state index contributed by atoms with van der Waals surface area (Å²) in [5.41, 5.74) is 1.53. The normalized spacial score (nSPS) is 27.4. The molecule has 1 N–H and O–H groups in total. The Morgan fingerprint density at radius 3 is 2.85 bits per heavy atom. The van der Waals surface area contributed by atoms with E-state index in [2.05, 4.69) is 31.8 Å². The molecule has 7 nitrogen and oxygen atoms in total. The van der Waals surface area contributed by atoms with Gasteiger partial charge in [-0.25, -0.2) is 4.98 Å². The van der Waals surface area contributed by atoms with Crippen LogP contribution in [-0.4, -0.2) is 37.6 Å². The standard InChI is InChI=1S/C20H29N5O2/c1-5-20(19(26)22-11-16-13(2)23-27-14(16)3)10-15-6-7-17(20)25(15)12-18-21-8-9-24(18)4/h8-9,15,17H,5-7,10-12H2,1-4H3,(H,22,26)/t15-,17+,20+/m0/s1. The first kappa shape index (κ1) is 18.2. The summed E-state index contributed by atoms with van der Waals surface area (Å²) in [5, 5.41) is 7.18. The molecule has 2 aromatic heterocycles. The first-order valence-electron chi connectivity index (χ1n) is 9.88. The van der Waals surface area contributed by atoms with Gasteiger partial charge in [0.2, 0.25) is 5.91 Å². The Morgan fingerprint density at radius 2 is 2.22 bits per heavy atom. The van der Waals surface area contributed by atoms with Gasteiger partial charge in [0.15, 0.2) is 0 Å². The van der Waals surface area contributed by atoms with Crippen LogP contribution in [0.15, 0.2) is 16.9 Å². The second-order valence-corrected chi connectivity index (χ2v) is 8.07. The predicted molar refractivity (Wildman–Crippen MR) is 101 cm³/mol. The lowest BCUT2D eigenvalue weighted by molar-refractivity contribution is -0.133. The number of imidazole rings is 1. The minimum absolute atomic E-state index is 0.169. The van der Waals surface area contributed by atoms with Gasteiger partial charge < -0.3 is 14.4 Å². The fourth-order valence-corrected chi connectivity index (χ4v) is 5.14. The maximum absolute atomic E-state index is 13.3. The van der Waals surface area contributed by atoms with Crippen molar-refractivity contribution in [3.63, 3.8) is 0 Å². The van der Waals surface area contributed by atoms with Gasteiger partial charge in [0.05, 0.1) is 17.7 Å². The number of rotatable bonds is 6. The summed E-state index contributed by atoms with van der Waals surface area (Å²) < 4.78 is 7.29. The second kappa shape index (κ2) is 6.78. The maximum atomic E-state index is 13.3. The summed E-state index contributed by atoms with van der Waals surface area (Å²) in [4.78, 5) is 20.3. The number of carbonyl (C=O) groups is 1. The Morgan fingerprint density at radius 1 is 1.41 bits per heavy atom. The van der Waals surface area contributed by atoms with Crippen molar-refractivity contribution in [3.8, 4) is 0 Å². The molecule has 2 aliphatic heterocycles. The average Bonchev–Trinajstić information content (AvgIpc) is 3.40. The summed E-state index contributed by atoms with van der Waals surface area (Å²) in [6, 6.07) is 0.755. The minimum atomic E-state index is -0.312. The van der Waals surface area contributed by atoms with Crippen molar-refractivity contribution in [2.75, 3.05) is 0 Å². The highest BCUT2D eigenvalue weighted by molar-refractivity contribution is 5.84. The lowest BCUT2D eigenvalue weighted by Gasteiger charge is -2.35. The van der Waals surface area contributed by atoms with Crippen LogP contribution in [0, 0.1) is 19.3 Å². The average molecular weight is 371 g/mol. The monoisotopic (exact) mass is 371 g/mol. The van der Waals surface area contributed by atoms with E-state index in [1.54, 1.807) is 0 Å². The SMILES string of the molecule is CC[C@@]1(C(=O)NCc2c(C)noc2C)C[C@@H]2CC[C@H]1N2Cc1nccn1C. The summed E-state index contributed by atoms with van der Waals surface area (Å²) in [6.07, 6.45) is 7.88. The van der Waals surface area contributed by atoms with Crippen molar-refractivity contribution >= 4 is 5.91 Å². The van der Waals surface area contributed by atoms with E-state index in [0.29, 0.717) is 12.6 Å². The van der Waals surface area contributed by atoms with Crippen LogP contribution < -0.4 is 5.32 Å². The van der Waals surface area contributed by atoms with Gasteiger partial charge in [-0.2, -0.15) is 0 Å². The van der Waals surface area contributed by atoms with Gasteiger partial charge in [0.25, 0.3) is 0 Å². The van der Waals surface area contributed by atoms with Gasteiger partial charge in [-0.05, 0) is 39.5 Å². The van der Waals surface area contributed by atoms with E-state index < -0.39 is 0 Å². The Kier molecular flexibility index (Phi) is 4.58. The molecule has 2 aliphatic rings. The Hall–Kier alpha value is -2.15. The summed E-state index contributed by atoms with van der Waals surface area (Å²) in [6.45, 7) is 7.26. The first-order valence-corrected chi connectivity index (χ1v) is 9.88. The van der Waals surface area contributed by atoms with Gasteiger partial charge in [0, 0.05) is 43.6 Å². The van der Waals surface area contributed by atoms with E-state index in [-0.39, 0.29) is 17.4 Å². The lowest BCUT2D eigenvalue weighted by atomic mass is 9.71. The zero-order chi connectivity index (χ0) is 19.2. The molecule has 2 bridgehead atoms. The second-order valence-electron chi connectivity index (χ2n) is 8.07. The number of hydrogen-bond acceptors (Lipinski definition) is 5. The molecule has 0 unspecified atom stereocenters. The van der Waals surface area contributed by atoms with E-state index in [4.69, 9.17) is 4.52 Å². The van der Waals surface area contributed by atoms with Crippen molar-refractivity contribution in [1.29, 1.82) is 0 Å². The summed E-state index contributed by atoms with van der Waals surface area (Å²) in [5.74, 6) is 2.01. The van der Waals surface area contributed by atoms with Crippen LogP contribution in [0.4, 0.5) is 0 Å². The molecule has 2 fully saturated rings. The number of carbonyl (C=O) groups excluding carboxylic acids is 1. The molecule has 0 spiro atoms. The Bertz CT molecular complexity index is 822. The van der Waals surface area contributed by atoms with Crippen LogP contribution in [0.2, 0.25) is 0 Å². The van der Waals surface area contributed by atoms with Crippen molar-refractivity contribution in [2.45, 2.75) is 71.6 Å². The molecule has 2 saturated heterocycles. The highest BCUT2D eigenvalue weighted by Gasteiger charge is 2.58. The quantitative estimate of drug-likeness (QED) is 0.844. The Labute approximate surface area is 160 Å². The van der Waals surface area contributed by atoms with E-state index in [9.17, 15) is 4.79 Å². The molecule has 0 saturated carbocycles. The van der Waals surface area contributed by atoms with Crippen LogP contribution in [-0.2, 0) is 24.9 Å². The first-order chi connectivity index (χ1) is 13.0. The fourth-order valence-electron chi connectivity index (χ4n) is 5.14. The lowest BCUT2D eigenvalue weighted by Crippen LogP contribution is -2.48. The fraction of sp³-hybridized carbons (Fsp3) is 0.650. The van der Waals surface area contributed by atoms with E-state index >= 15 is 0 Å². The third kappa shape index (κ3) is 2.88. The van der Waals surface area contributed by atoms with E-state index in [1.165, 1.54) is 6.42 Å². The molecule has 0 radical (unpaired) electrons. The third-order valence-electron chi connectivity index (χ3n) is 6.82. The van der Waals surface area contributed by atoms with Crippen LogP contribution in [0.25, 0.3) is 0 Å². The molecule has 27 heavy (non-hydrogen) atoms. The summed E-state index contributed by atoms with van der Waals surface area (Å²) in [7, 11) is 2.03. The number of hydrogen-bond donors (Lipinski definition) is 1. The number of aryl methyl sites for hydroxylation is 3. The minimum Gasteiger partial charge on any atom is -0.361 e. The highest BCUT2D eigenvalue weighted by atomic mass is 16.5. The van der Waals surface area contributed by atoms with Gasteiger partial charge in [-0.15, -0.1) is 0 Å². The van der Waals surface area contributed by atoms with Crippen LogP contribution >= 0.6 is 0 Å². The van der Waals surface area contributed by atoms with Gasteiger partial charge in [-0.3, -0.25) is 9.69 Å². The van der Waals surface area contributed by atoms with Crippen molar-refractivity contribution in [1.82, 2.24) is 24.9 Å². The van der Waals surface area contributed by atoms with Crippen molar-refractivity contribution in [3.05, 3.63) is 35.2 Å². The highest BCUT2D eigenvalue weighted by Crippen LogP contribution is 2.52. The van der Waals surface area contributed by atoms with Crippen molar-refractivity contribution in [2.24, 2.45) is 12.5 Å². The molecule has 7 heteroatoms. The number of nitrogens with zero attached hydrogens (tertiary/aromatic N) is 4. The van der Waals surface area contributed by atoms with Crippen molar-refractivity contribution < 1.29 is 9.32 Å². The molecule has 1 amide bonds. The third-order valence-corrected chi connectivity index (χ3v) is 6.82. The molecule has 4 heterocycles. The molecule has 146 valence electrons. The van der Waals surface area contributed by atoms with E-state index in [1.807, 2.05) is 33.3 Å².